The van der Waals surface area contributed by atoms with Crippen LogP contribution in [0, 0.1) is 5.92 Å². The van der Waals surface area contributed by atoms with E-state index in [0.29, 0.717) is 11.8 Å². The minimum Gasteiger partial charge on any atom is -0.310 e. The summed E-state index contributed by atoms with van der Waals surface area (Å²) in [7, 11) is 0. The lowest BCUT2D eigenvalue weighted by atomic mass is 9.76. The second-order valence-corrected chi connectivity index (χ2v) is 18.1. The normalized spacial score (nSPS) is 14.9. The van der Waals surface area contributed by atoms with Gasteiger partial charge in [-0.15, -0.1) is 0 Å². The highest BCUT2D eigenvalue weighted by Gasteiger charge is 2.24. The lowest BCUT2D eigenvalue weighted by molar-refractivity contribution is 0.692. The van der Waals surface area contributed by atoms with Crippen molar-refractivity contribution in [3.63, 3.8) is 0 Å². The van der Waals surface area contributed by atoms with E-state index in [1.54, 1.807) is 0 Å². The topological polar surface area (TPSA) is 8.17 Å². The molecule has 2 nitrogen and oxygen atoms in total. The van der Waals surface area contributed by atoms with Crippen LogP contribution in [0.15, 0.2) is 261 Å². The van der Waals surface area contributed by atoms with Gasteiger partial charge in [0, 0.05) is 45.4 Å². The van der Waals surface area contributed by atoms with Crippen molar-refractivity contribution in [2.75, 3.05) is 4.90 Å². The Hall–Kier alpha value is -8.72. The van der Waals surface area contributed by atoms with Gasteiger partial charge in [-0.25, -0.2) is 0 Å². The third-order valence-electron chi connectivity index (χ3n) is 14.1. The number of anilines is 3. The van der Waals surface area contributed by atoms with E-state index in [2.05, 4.69) is 276 Å². The summed E-state index contributed by atoms with van der Waals surface area (Å²) in [6.07, 6.45) is 13.6. The maximum atomic E-state index is 2.39. The Bertz CT molecular complexity index is 3790. The third kappa shape index (κ3) is 6.89. The molecule has 13 rings (SSSR count). The van der Waals surface area contributed by atoms with Crippen molar-refractivity contribution < 1.29 is 0 Å². The summed E-state index contributed by atoms with van der Waals surface area (Å²) in [6.45, 7) is 0. The fourth-order valence-electron chi connectivity index (χ4n) is 10.9. The smallest absolute Gasteiger partial charge is 0.0547 e. The summed E-state index contributed by atoms with van der Waals surface area (Å²) >= 11 is 0. The highest BCUT2D eigenvalue weighted by Crippen LogP contribution is 2.43. The quantitative estimate of drug-likeness (QED) is 0.148. The van der Waals surface area contributed by atoms with Crippen LogP contribution in [0.1, 0.15) is 17.0 Å². The molecule has 2 unspecified atom stereocenters. The molecule has 0 bridgehead atoms. The highest BCUT2D eigenvalue weighted by molar-refractivity contribution is 6.16. The zero-order valence-corrected chi connectivity index (χ0v) is 37.5. The minimum atomic E-state index is 0.401. The number of allylic oxidation sites excluding steroid dienone is 5. The number of fused-ring (bicyclic) bond motifs is 7. The van der Waals surface area contributed by atoms with Gasteiger partial charge in [0.2, 0.25) is 0 Å². The molecule has 2 aliphatic rings. The Morgan fingerprint density at radius 1 is 0.368 bits per heavy atom. The number of nitrogens with zero attached hydrogens (tertiary/aromatic N) is 2. The van der Waals surface area contributed by atoms with Crippen molar-refractivity contribution in [3.8, 4) is 50.2 Å². The van der Waals surface area contributed by atoms with Crippen LogP contribution in [0.25, 0.3) is 88.8 Å². The van der Waals surface area contributed by atoms with Gasteiger partial charge in [-0.1, -0.05) is 194 Å². The highest BCUT2D eigenvalue weighted by atomic mass is 15.1. The molecule has 0 amide bonds. The first kappa shape index (κ1) is 39.6. The lowest BCUT2D eigenvalue weighted by Crippen LogP contribution is -2.13. The molecule has 0 fully saturated rings. The minimum absolute atomic E-state index is 0.401. The van der Waals surface area contributed by atoms with E-state index in [1.807, 2.05) is 0 Å². The zero-order valence-electron chi connectivity index (χ0n) is 37.5. The molecule has 1 heterocycles. The Balaban J connectivity index is 0.892. The molecule has 2 atom stereocenters. The van der Waals surface area contributed by atoms with Gasteiger partial charge in [0.05, 0.1) is 11.0 Å². The molecule has 0 aliphatic heterocycles. The number of rotatable bonds is 8. The molecule has 320 valence electrons. The van der Waals surface area contributed by atoms with Gasteiger partial charge in [-0.3, -0.25) is 0 Å². The molecule has 0 N–H and O–H groups in total. The van der Waals surface area contributed by atoms with Crippen LogP contribution in [0.2, 0.25) is 0 Å². The van der Waals surface area contributed by atoms with Crippen molar-refractivity contribution >= 4 is 55.7 Å². The molecule has 0 saturated heterocycles. The maximum Gasteiger partial charge on any atom is 0.0547 e. The number of hydrogen-bond donors (Lipinski definition) is 0. The van der Waals surface area contributed by atoms with Crippen LogP contribution >= 0.6 is 0 Å². The first-order valence-electron chi connectivity index (χ1n) is 23.7. The average molecular weight is 867 g/mol. The second kappa shape index (κ2) is 16.6. The fourth-order valence-corrected chi connectivity index (χ4v) is 10.9. The Labute approximate surface area is 397 Å². The SMILES string of the molecule is C1=CC2C=Cc3cc(-c4ccc(N(c5ccc(-c6cccc7ccccc67)cc5)c5cccc(-c6cccc(-c7cccc8c7c7ccccc7n8-c7ccccc7)c6)c5)cc4)ccc3C2C=C1. The Kier molecular flexibility index (Phi) is 9.68. The van der Waals surface area contributed by atoms with Gasteiger partial charge < -0.3 is 9.47 Å². The molecule has 0 spiro atoms. The third-order valence-corrected chi connectivity index (χ3v) is 14.1. The van der Waals surface area contributed by atoms with E-state index in [-0.39, 0.29) is 0 Å². The molecule has 0 saturated carbocycles. The maximum absolute atomic E-state index is 2.39. The van der Waals surface area contributed by atoms with Crippen LogP contribution in [0.3, 0.4) is 0 Å². The summed E-state index contributed by atoms with van der Waals surface area (Å²) in [5.41, 5.74) is 19.1. The van der Waals surface area contributed by atoms with Crippen molar-refractivity contribution in [1.29, 1.82) is 0 Å². The summed E-state index contributed by atoms with van der Waals surface area (Å²) in [4.78, 5) is 2.39. The molecule has 2 aliphatic carbocycles. The van der Waals surface area contributed by atoms with Gasteiger partial charge in [0.1, 0.15) is 0 Å². The predicted octanol–water partition coefficient (Wildman–Crippen LogP) is 17.9. The van der Waals surface area contributed by atoms with Gasteiger partial charge in [0.15, 0.2) is 0 Å². The van der Waals surface area contributed by atoms with E-state index >= 15 is 0 Å². The number of hydrogen-bond acceptors (Lipinski definition) is 1. The van der Waals surface area contributed by atoms with Gasteiger partial charge in [0.25, 0.3) is 0 Å². The van der Waals surface area contributed by atoms with Gasteiger partial charge in [-0.2, -0.15) is 0 Å². The zero-order chi connectivity index (χ0) is 45.0. The largest absolute Gasteiger partial charge is 0.310 e. The van der Waals surface area contributed by atoms with Gasteiger partial charge >= 0.3 is 0 Å². The van der Waals surface area contributed by atoms with Crippen LogP contribution in [0.4, 0.5) is 17.1 Å². The lowest BCUT2D eigenvalue weighted by Gasteiger charge is -2.28. The van der Waals surface area contributed by atoms with Crippen LogP contribution in [-0.4, -0.2) is 4.57 Å². The number of para-hydroxylation sites is 2. The Morgan fingerprint density at radius 3 is 1.84 bits per heavy atom. The van der Waals surface area contributed by atoms with Crippen LogP contribution < -0.4 is 4.90 Å². The first-order chi connectivity index (χ1) is 33.7. The molecule has 1 aromatic heterocycles. The Morgan fingerprint density at radius 2 is 0.985 bits per heavy atom. The summed E-state index contributed by atoms with van der Waals surface area (Å²) in [6, 6.07) is 84.6. The van der Waals surface area contributed by atoms with Gasteiger partial charge in [-0.05, 0) is 139 Å². The van der Waals surface area contributed by atoms with Crippen molar-refractivity contribution in [3.05, 3.63) is 272 Å². The number of benzene rings is 10. The molecular weight excluding hydrogens is 821 g/mol. The first-order valence-corrected chi connectivity index (χ1v) is 23.7. The van der Waals surface area contributed by atoms with Crippen LogP contribution in [-0.2, 0) is 0 Å². The molecule has 2 heteroatoms. The van der Waals surface area contributed by atoms with Crippen LogP contribution in [0.5, 0.6) is 0 Å². The summed E-state index contributed by atoms with van der Waals surface area (Å²) < 4.78 is 2.39. The van der Waals surface area contributed by atoms with Crippen molar-refractivity contribution in [2.24, 2.45) is 5.92 Å². The summed E-state index contributed by atoms with van der Waals surface area (Å²) in [5, 5.41) is 5.01. The average Bonchev–Trinajstić information content (AvgIpc) is 3.76. The van der Waals surface area contributed by atoms with E-state index in [0.717, 1.165) is 28.3 Å². The molecule has 68 heavy (non-hydrogen) atoms. The summed E-state index contributed by atoms with van der Waals surface area (Å²) in [5.74, 6) is 0.833. The molecule has 11 aromatic rings. The van der Waals surface area contributed by atoms with E-state index in [1.165, 1.54) is 82.6 Å². The second-order valence-electron chi connectivity index (χ2n) is 18.1. The fraction of sp³-hybridized carbons (Fsp3) is 0.0303. The monoisotopic (exact) mass is 866 g/mol. The van der Waals surface area contributed by atoms with Crippen molar-refractivity contribution in [2.45, 2.75) is 5.92 Å². The number of aromatic nitrogens is 1. The van der Waals surface area contributed by atoms with Crippen molar-refractivity contribution in [1.82, 2.24) is 4.57 Å². The molecule has 10 aromatic carbocycles. The van der Waals surface area contributed by atoms with E-state index < -0.39 is 0 Å². The van der Waals surface area contributed by atoms with E-state index in [4.69, 9.17) is 0 Å². The molecular formula is C66H46N2. The molecule has 0 radical (unpaired) electrons. The standard InChI is InChI=1S/C66H46N2/c1-2-20-54(21-3-1)68-64-28-9-8-25-63(64)66-62(27-13-29-65(66)68)52-19-10-17-49(42-52)50-18-11-22-57(44-50)67(56-39-34-48(35-40-56)60-26-12-16-46-14-4-6-23-58(46)60)55-37-32-45(33-38-55)51-36-41-61-53(43-51)31-30-47-15-5-7-24-59(47)61/h1-44,47,59H. The van der Waals surface area contributed by atoms with E-state index in [9.17, 15) is 0 Å². The predicted molar refractivity (Wildman–Crippen MR) is 288 cm³/mol.